The Labute approximate surface area is 368 Å². The molecule has 13 rings (SSSR count). The van der Waals surface area contributed by atoms with Gasteiger partial charge in [0.2, 0.25) is 0 Å². The smallest absolute Gasteiger partial charge is 0.164 e. The van der Waals surface area contributed by atoms with Crippen molar-refractivity contribution in [3.05, 3.63) is 218 Å². The minimum absolute atomic E-state index is 0.585. The van der Waals surface area contributed by atoms with Gasteiger partial charge < -0.3 is 8.98 Å². The molecule has 0 saturated carbocycles. The summed E-state index contributed by atoms with van der Waals surface area (Å²) in [7, 11) is 0. The van der Waals surface area contributed by atoms with Crippen LogP contribution in [0.25, 0.3) is 127 Å². The van der Waals surface area contributed by atoms with Crippen molar-refractivity contribution in [3.8, 4) is 62.1 Å². The third-order valence-corrected chi connectivity index (χ3v) is 12.6. The fourth-order valence-corrected chi connectivity index (χ4v) is 9.55. The number of rotatable bonds is 6. The van der Waals surface area contributed by atoms with Gasteiger partial charge >= 0.3 is 0 Å². The van der Waals surface area contributed by atoms with Gasteiger partial charge in [-0.05, 0) is 92.3 Å². The summed E-state index contributed by atoms with van der Waals surface area (Å²) in [6.45, 7) is 0. The van der Waals surface area contributed by atoms with E-state index >= 15 is 0 Å². The molecule has 0 spiro atoms. The lowest BCUT2D eigenvalue weighted by Crippen LogP contribution is -2.00. The summed E-state index contributed by atoms with van der Waals surface area (Å²) in [5.74, 6) is 1.82. The van der Waals surface area contributed by atoms with Crippen molar-refractivity contribution < 1.29 is 4.42 Å². The number of nitrogens with zero attached hydrogens (tertiary/aromatic N) is 4. The third-order valence-electron chi connectivity index (χ3n) is 12.6. The van der Waals surface area contributed by atoms with Crippen molar-refractivity contribution in [3.63, 3.8) is 0 Å². The summed E-state index contributed by atoms with van der Waals surface area (Å²) in [6, 6.07) is 77.1. The van der Waals surface area contributed by atoms with Crippen LogP contribution in [0.1, 0.15) is 0 Å². The molecule has 0 radical (unpaired) electrons. The summed E-state index contributed by atoms with van der Waals surface area (Å²) < 4.78 is 9.21. The van der Waals surface area contributed by atoms with Gasteiger partial charge in [-0.3, -0.25) is 0 Å². The summed E-state index contributed by atoms with van der Waals surface area (Å²) in [6.07, 6.45) is 0. The van der Waals surface area contributed by atoms with Crippen molar-refractivity contribution in [1.29, 1.82) is 0 Å². The summed E-state index contributed by atoms with van der Waals surface area (Å²) in [5.41, 5.74) is 12.3. The van der Waals surface area contributed by atoms with E-state index in [1.165, 1.54) is 49.2 Å². The zero-order valence-corrected chi connectivity index (χ0v) is 34.5. The van der Waals surface area contributed by atoms with Crippen LogP contribution in [0.3, 0.4) is 0 Å². The minimum Gasteiger partial charge on any atom is -0.456 e. The molecule has 0 aliphatic heterocycles. The molecule has 0 atom stereocenters. The molecule has 0 amide bonds. The fourth-order valence-electron chi connectivity index (χ4n) is 9.55. The highest BCUT2D eigenvalue weighted by molar-refractivity contribution is 6.25. The lowest BCUT2D eigenvalue weighted by atomic mass is 9.94. The Morgan fingerprint density at radius 3 is 1.62 bits per heavy atom. The van der Waals surface area contributed by atoms with Gasteiger partial charge in [0.15, 0.2) is 17.5 Å². The van der Waals surface area contributed by atoms with Crippen LogP contribution < -0.4 is 0 Å². The van der Waals surface area contributed by atoms with Gasteiger partial charge in [-0.25, -0.2) is 15.0 Å². The highest BCUT2D eigenvalue weighted by Crippen LogP contribution is 2.43. The van der Waals surface area contributed by atoms with Crippen molar-refractivity contribution in [2.24, 2.45) is 0 Å². The number of hydrogen-bond donors (Lipinski definition) is 0. The van der Waals surface area contributed by atoms with Crippen LogP contribution in [-0.2, 0) is 0 Å². The van der Waals surface area contributed by atoms with Crippen LogP contribution in [0, 0.1) is 0 Å². The molecule has 3 aromatic heterocycles. The predicted molar refractivity (Wildman–Crippen MR) is 264 cm³/mol. The Morgan fingerprint density at radius 1 is 0.312 bits per heavy atom. The molecule has 5 nitrogen and oxygen atoms in total. The van der Waals surface area contributed by atoms with Gasteiger partial charge in [0.1, 0.15) is 11.2 Å². The first-order valence-corrected chi connectivity index (χ1v) is 21.6. The molecular formula is C59H36N4O. The maximum absolute atomic E-state index is 6.81. The van der Waals surface area contributed by atoms with E-state index in [2.05, 4.69) is 193 Å². The largest absolute Gasteiger partial charge is 0.456 e. The van der Waals surface area contributed by atoms with E-state index in [1.807, 2.05) is 30.3 Å². The molecule has 298 valence electrons. The molecule has 3 heterocycles. The third kappa shape index (κ3) is 5.90. The predicted octanol–water partition coefficient (Wildman–Crippen LogP) is 15.5. The molecule has 10 aromatic carbocycles. The van der Waals surface area contributed by atoms with Crippen LogP contribution in [-0.4, -0.2) is 19.5 Å². The minimum atomic E-state index is 0.585. The van der Waals surface area contributed by atoms with E-state index in [1.54, 1.807) is 0 Å². The Morgan fingerprint density at radius 2 is 0.875 bits per heavy atom. The molecule has 0 aliphatic rings. The van der Waals surface area contributed by atoms with Crippen molar-refractivity contribution in [2.45, 2.75) is 0 Å². The first-order chi connectivity index (χ1) is 31.7. The molecule has 0 aliphatic carbocycles. The average Bonchev–Trinajstić information content (AvgIpc) is 3.91. The van der Waals surface area contributed by atoms with E-state index in [0.717, 1.165) is 60.7 Å². The quantitative estimate of drug-likeness (QED) is 0.168. The van der Waals surface area contributed by atoms with Crippen LogP contribution >= 0.6 is 0 Å². The molecular weight excluding hydrogens is 781 g/mol. The number of aromatic nitrogens is 4. The second-order valence-electron chi connectivity index (χ2n) is 16.4. The van der Waals surface area contributed by atoms with E-state index in [0.29, 0.717) is 17.5 Å². The van der Waals surface area contributed by atoms with Gasteiger partial charge in [0.05, 0.1) is 11.0 Å². The summed E-state index contributed by atoms with van der Waals surface area (Å²) >= 11 is 0. The molecule has 0 bridgehead atoms. The Balaban J connectivity index is 0.988. The number of benzene rings is 10. The maximum Gasteiger partial charge on any atom is 0.164 e. The molecule has 13 aromatic rings. The van der Waals surface area contributed by atoms with E-state index < -0.39 is 0 Å². The zero-order chi connectivity index (χ0) is 42.1. The van der Waals surface area contributed by atoms with Crippen molar-refractivity contribution >= 4 is 65.3 Å². The highest BCUT2D eigenvalue weighted by Gasteiger charge is 2.21. The Bertz CT molecular complexity index is 3950. The standard InChI is InChI=1S/C59H36N4O/c1-4-14-37(15-5-1)42-27-31-52-51(33-42)56-49-23-13-12-22-46(49)50(39-17-6-2-7-18-39)36-53(56)63(52)45-28-30-48-47-29-26-44(34-54(47)64-55(48)35-45)59-61-57(40-19-8-3-9-20-40)60-58(62-59)43-25-24-38-16-10-11-21-41(38)32-43/h1-36H. The second-order valence-corrected chi connectivity index (χ2v) is 16.4. The maximum atomic E-state index is 6.81. The molecule has 0 unspecified atom stereocenters. The number of hydrogen-bond acceptors (Lipinski definition) is 4. The second kappa shape index (κ2) is 14.5. The molecule has 0 N–H and O–H groups in total. The molecule has 5 heteroatoms. The van der Waals surface area contributed by atoms with Gasteiger partial charge in [-0.2, -0.15) is 0 Å². The van der Waals surface area contributed by atoms with Crippen molar-refractivity contribution in [2.75, 3.05) is 0 Å². The molecule has 64 heavy (non-hydrogen) atoms. The summed E-state index contributed by atoms with van der Waals surface area (Å²) in [5, 5.41) is 9.27. The molecule has 0 saturated heterocycles. The van der Waals surface area contributed by atoms with Crippen LogP contribution in [0.5, 0.6) is 0 Å². The van der Waals surface area contributed by atoms with Gasteiger partial charge in [-0.15, -0.1) is 0 Å². The monoisotopic (exact) mass is 816 g/mol. The zero-order valence-electron chi connectivity index (χ0n) is 34.5. The first kappa shape index (κ1) is 36.0. The van der Waals surface area contributed by atoms with Gasteiger partial charge in [0, 0.05) is 50.0 Å². The van der Waals surface area contributed by atoms with Crippen LogP contribution in [0.2, 0.25) is 0 Å². The van der Waals surface area contributed by atoms with E-state index in [-0.39, 0.29) is 0 Å². The molecule has 0 fully saturated rings. The van der Waals surface area contributed by atoms with Crippen molar-refractivity contribution in [1.82, 2.24) is 19.5 Å². The van der Waals surface area contributed by atoms with E-state index in [9.17, 15) is 0 Å². The topological polar surface area (TPSA) is 56.7 Å². The number of furan rings is 1. The number of fused-ring (bicyclic) bond motifs is 9. The first-order valence-electron chi connectivity index (χ1n) is 21.6. The SMILES string of the molecule is c1ccc(-c2ccc3c(c2)c2c4ccccc4c(-c4ccccc4)cc2n3-c2ccc3c(c2)oc2cc(-c4nc(-c5ccccc5)nc(-c5ccc6ccccc6c5)n4)ccc23)cc1. The lowest BCUT2D eigenvalue weighted by Gasteiger charge is -2.12. The fraction of sp³-hybridized carbons (Fsp3) is 0. The van der Waals surface area contributed by atoms with E-state index in [4.69, 9.17) is 19.4 Å². The normalized spacial score (nSPS) is 11.8. The highest BCUT2D eigenvalue weighted by atomic mass is 16.3. The van der Waals surface area contributed by atoms with Crippen LogP contribution in [0.4, 0.5) is 0 Å². The summed E-state index contributed by atoms with van der Waals surface area (Å²) in [4.78, 5) is 15.1. The van der Waals surface area contributed by atoms with Crippen LogP contribution in [0.15, 0.2) is 223 Å². The lowest BCUT2D eigenvalue weighted by molar-refractivity contribution is 0.668. The Kier molecular flexibility index (Phi) is 8.15. The van der Waals surface area contributed by atoms with Gasteiger partial charge in [-0.1, -0.05) is 164 Å². The average molecular weight is 817 g/mol. The Hall–Kier alpha value is -8.67. The van der Waals surface area contributed by atoms with Gasteiger partial charge in [0.25, 0.3) is 0 Å².